The van der Waals surface area contributed by atoms with Crippen LogP contribution in [-0.4, -0.2) is 121 Å². The quantitative estimate of drug-likeness (QED) is 0.0586. The number of likely N-dealkylation sites (N-methyl/N-ethyl adjacent to an activating group) is 1. The molecular formula is C39H46N10O10. The average molecular weight is 815 g/mol. The molecule has 20 nitrogen and oxygen atoms in total. The molecule has 5 aromatic rings. The number of urea groups is 1. The number of aromatic nitrogens is 4. The third-order valence-corrected chi connectivity index (χ3v) is 10.4. The van der Waals surface area contributed by atoms with E-state index >= 15 is 0 Å². The van der Waals surface area contributed by atoms with Crippen molar-refractivity contribution in [1.82, 2.24) is 45.7 Å². The number of H-pyrrole nitrogens is 3. The molecule has 6 rings (SSSR count). The van der Waals surface area contributed by atoms with Crippen LogP contribution in [0.3, 0.4) is 0 Å². The molecule has 5 amide bonds. The number of hydrogen-bond donors (Lipinski definition) is 10. The molecule has 59 heavy (non-hydrogen) atoms. The van der Waals surface area contributed by atoms with Crippen LogP contribution >= 0.6 is 0 Å². The molecule has 20 heteroatoms. The van der Waals surface area contributed by atoms with Crippen molar-refractivity contribution in [3.63, 3.8) is 0 Å². The van der Waals surface area contributed by atoms with E-state index in [2.05, 4.69) is 36.2 Å². The van der Waals surface area contributed by atoms with Crippen molar-refractivity contribution < 1.29 is 38.9 Å². The van der Waals surface area contributed by atoms with Crippen LogP contribution in [-0.2, 0) is 36.8 Å². The number of carbonyl (C=O) groups excluding carboxylic acids is 4. The fourth-order valence-corrected chi connectivity index (χ4v) is 7.07. The van der Waals surface area contributed by atoms with Gasteiger partial charge >= 0.3 is 17.7 Å². The maximum absolute atomic E-state index is 14.2. The van der Waals surface area contributed by atoms with E-state index in [0.29, 0.717) is 11.3 Å². The van der Waals surface area contributed by atoms with Gasteiger partial charge in [0.15, 0.2) is 6.23 Å². The molecule has 1 aliphatic rings. The number of amides is 5. The minimum atomic E-state index is -1.43. The van der Waals surface area contributed by atoms with E-state index in [0.717, 1.165) is 32.4 Å². The first kappa shape index (κ1) is 41.9. The Labute approximate surface area is 335 Å². The zero-order valence-electron chi connectivity index (χ0n) is 32.1. The number of aliphatic carboxylic acids is 1. The number of aromatic amines is 3. The maximum atomic E-state index is 14.2. The number of nitrogens with one attached hydrogen (secondary N) is 7. The average Bonchev–Trinajstić information content (AvgIpc) is 3.93. The van der Waals surface area contributed by atoms with Gasteiger partial charge in [-0.15, -0.1) is 0 Å². The molecular weight excluding hydrogens is 768 g/mol. The number of ether oxygens (including phenoxy) is 1. The van der Waals surface area contributed by atoms with Gasteiger partial charge in [-0.2, -0.15) is 0 Å². The summed E-state index contributed by atoms with van der Waals surface area (Å²) in [7, 11) is 1.41. The molecule has 312 valence electrons. The first-order chi connectivity index (χ1) is 28.2. The Hall–Kier alpha value is -6.77. The maximum Gasteiger partial charge on any atom is 0.330 e. The lowest BCUT2D eigenvalue weighted by molar-refractivity contribution is -0.139. The van der Waals surface area contributed by atoms with Crippen molar-refractivity contribution in [3.8, 4) is 0 Å². The van der Waals surface area contributed by atoms with Crippen LogP contribution in [0.2, 0.25) is 0 Å². The zero-order chi connectivity index (χ0) is 42.4. The van der Waals surface area contributed by atoms with Crippen molar-refractivity contribution in [2.75, 3.05) is 20.1 Å². The van der Waals surface area contributed by atoms with E-state index in [1.54, 1.807) is 12.3 Å². The predicted octanol–water partition coefficient (Wildman–Crippen LogP) is -0.839. The lowest BCUT2D eigenvalue weighted by Crippen LogP contribution is -2.62. The van der Waals surface area contributed by atoms with E-state index in [-0.39, 0.29) is 25.8 Å². The van der Waals surface area contributed by atoms with Gasteiger partial charge in [0.05, 0.1) is 18.7 Å². The van der Waals surface area contributed by atoms with Crippen LogP contribution in [0.5, 0.6) is 0 Å². The Morgan fingerprint density at radius 2 is 1.66 bits per heavy atom. The first-order valence-corrected chi connectivity index (χ1v) is 18.8. The second-order valence-electron chi connectivity index (χ2n) is 14.4. The summed E-state index contributed by atoms with van der Waals surface area (Å²) in [4.78, 5) is 100. The smallest absolute Gasteiger partial charge is 0.330 e. The van der Waals surface area contributed by atoms with Crippen molar-refractivity contribution in [3.05, 3.63) is 105 Å². The normalized spacial score (nSPS) is 18.4. The first-order valence-electron chi connectivity index (χ1n) is 18.8. The SMILES string of the molecule is C[C@@H]([C@H](NC(=O)[C@H](Cc1cc2ccccc2[nH]1)NC(=O)N[C@@H](Cc1c[nH]c2ccccc12)C(=O)O)C(=O)NC[C@H]1C[C@@H](O)[C@H](n2ccc(=O)[nH]c2=O)O1)N(C)C(=O)CN. The van der Waals surface area contributed by atoms with E-state index in [9.17, 15) is 43.8 Å². The number of fused-ring (bicyclic) bond motifs is 2. The number of aliphatic hydroxyl groups excluding tert-OH is 1. The van der Waals surface area contributed by atoms with E-state index in [1.807, 2.05) is 48.5 Å². The van der Waals surface area contributed by atoms with Gasteiger partial charge in [0.25, 0.3) is 5.56 Å². The minimum absolute atomic E-state index is 0.00208. The molecule has 7 atom stereocenters. The molecule has 11 N–H and O–H groups in total. The molecule has 2 aromatic carbocycles. The van der Waals surface area contributed by atoms with Gasteiger partial charge in [-0.25, -0.2) is 14.4 Å². The molecule has 0 bridgehead atoms. The van der Waals surface area contributed by atoms with Gasteiger partial charge in [-0.1, -0.05) is 36.4 Å². The number of benzene rings is 2. The topological polar surface area (TPSA) is 299 Å². The van der Waals surface area contributed by atoms with Gasteiger partial charge in [0.1, 0.15) is 24.2 Å². The highest BCUT2D eigenvalue weighted by atomic mass is 16.5. The monoisotopic (exact) mass is 814 g/mol. The number of rotatable bonds is 16. The van der Waals surface area contributed by atoms with Crippen LogP contribution in [0.25, 0.3) is 21.8 Å². The fraction of sp³-hybridized carbons (Fsp3) is 0.359. The lowest BCUT2D eigenvalue weighted by atomic mass is 10.0. The fourth-order valence-electron chi connectivity index (χ4n) is 7.07. The molecule has 0 spiro atoms. The Bertz CT molecular complexity index is 2420. The molecule has 0 aliphatic carbocycles. The van der Waals surface area contributed by atoms with Crippen LogP contribution in [0, 0.1) is 0 Å². The number of carboxylic acid groups (broad SMARTS) is 1. The lowest BCUT2D eigenvalue weighted by Gasteiger charge is -2.33. The number of nitrogens with two attached hydrogens (primary N) is 1. The summed E-state index contributed by atoms with van der Waals surface area (Å²) >= 11 is 0. The number of aliphatic hydroxyl groups is 1. The standard InChI is InChI=1S/C39H46N10O10/c1-20(48(2)32(52)17-40)33(35(54)42-19-24-16-30(50)36(59-24)49-12-11-31(51)46-39(49)58)47-34(53)28(15-23-13-21-7-3-5-9-26(21)43-23)44-38(57)45-29(37(55)56)14-22-18-41-27-10-6-4-8-25(22)27/h3-13,18,20,24,28-30,33,36,41,43,50H,14-17,19,40H2,1-2H3,(H,42,54)(H,47,53)(H,55,56)(H2,44,45,57)(H,46,51,58)/t20-,24+,28-,29-,30+,33-,36+/m0/s1. The Kier molecular flexibility index (Phi) is 12.9. The highest BCUT2D eigenvalue weighted by Crippen LogP contribution is 2.27. The number of para-hydroxylation sites is 2. The van der Waals surface area contributed by atoms with Crippen molar-refractivity contribution in [1.29, 1.82) is 0 Å². The molecule has 0 radical (unpaired) electrons. The highest BCUT2D eigenvalue weighted by molar-refractivity contribution is 5.94. The van der Waals surface area contributed by atoms with E-state index in [1.165, 1.54) is 25.1 Å². The number of carbonyl (C=O) groups is 5. The molecule has 0 saturated carbocycles. The Morgan fingerprint density at radius 3 is 2.37 bits per heavy atom. The molecule has 1 aliphatic heterocycles. The van der Waals surface area contributed by atoms with Crippen LogP contribution in [0.4, 0.5) is 4.79 Å². The highest BCUT2D eigenvalue weighted by Gasteiger charge is 2.38. The molecule has 1 saturated heterocycles. The van der Waals surface area contributed by atoms with E-state index < -0.39 is 90.1 Å². The second kappa shape index (κ2) is 18.2. The summed E-state index contributed by atoms with van der Waals surface area (Å²) in [6, 6.07) is 11.4. The number of nitrogens with zero attached hydrogens (tertiary/aromatic N) is 2. The van der Waals surface area contributed by atoms with Crippen LogP contribution in [0.15, 0.2) is 82.6 Å². The minimum Gasteiger partial charge on any atom is -0.480 e. The van der Waals surface area contributed by atoms with Crippen LogP contribution < -0.4 is 38.2 Å². The summed E-state index contributed by atoms with van der Waals surface area (Å²) in [6.07, 6.45) is -0.483. The summed E-state index contributed by atoms with van der Waals surface area (Å²) < 4.78 is 6.85. The molecule has 1 fully saturated rings. The Balaban J connectivity index is 1.20. The van der Waals surface area contributed by atoms with Crippen molar-refractivity contribution in [2.45, 2.75) is 68.8 Å². The molecule has 0 unspecified atom stereocenters. The largest absolute Gasteiger partial charge is 0.480 e. The van der Waals surface area contributed by atoms with Crippen molar-refractivity contribution in [2.24, 2.45) is 5.73 Å². The second-order valence-corrected chi connectivity index (χ2v) is 14.4. The van der Waals surface area contributed by atoms with Crippen LogP contribution in [0.1, 0.15) is 30.8 Å². The predicted molar refractivity (Wildman–Crippen MR) is 213 cm³/mol. The van der Waals surface area contributed by atoms with Gasteiger partial charge in [0.2, 0.25) is 17.7 Å². The third kappa shape index (κ3) is 9.86. The number of carboxylic acids is 1. The zero-order valence-corrected chi connectivity index (χ0v) is 32.1. The van der Waals surface area contributed by atoms with Crippen molar-refractivity contribution >= 4 is 51.5 Å². The van der Waals surface area contributed by atoms with Gasteiger partial charge in [0, 0.05) is 73.4 Å². The summed E-state index contributed by atoms with van der Waals surface area (Å²) in [5.41, 5.74) is 6.92. The molecule has 4 heterocycles. The summed E-state index contributed by atoms with van der Waals surface area (Å²) in [5.74, 6) is -3.45. The van der Waals surface area contributed by atoms with Gasteiger partial charge in [-0.3, -0.25) is 28.7 Å². The third-order valence-electron chi connectivity index (χ3n) is 10.4. The van der Waals surface area contributed by atoms with Gasteiger partial charge in [-0.05, 0) is 36.1 Å². The Morgan fingerprint density at radius 1 is 0.949 bits per heavy atom. The van der Waals surface area contributed by atoms with Gasteiger partial charge < -0.3 is 56.8 Å². The summed E-state index contributed by atoms with van der Waals surface area (Å²) in [6.45, 7) is 0.933. The molecule has 3 aromatic heterocycles. The summed E-state index contributed by atoms with van der Waals surface area (Å²) in [5, 5.41) is 32.7. The number of hydrogen-bond acceptors (Lipinski definition) is 10. The van der Waals surface area contributed by atoms with E-state index in [4.69, 9.17) is 10.5 Å².